The highest BCUT2D eigenvalue weighted by atomic mass is 16.5. The zero-order valence-corrected chi connectivity index (χ0v) is 12.2. The van der Waals surface area contributed by atoms with E-state index < -0.39 is 0 Å². The third kappa shape index (κ3) is 3.11. The quantitative estimate of drug-likeness (QED) is 0.836. The van der Waals surface area contributed by atoms with Crippen LogP contribution in [0.3, 0.4) is 0 Å². The van der Waals surface area contributed by atoms with Gasteiger partial charge in [-0.2, -0.15) is 0 Å². The van der Waals surface area contributed by atoms with E-state index in [0.29, 0.717) is 23.6 Å². The molecule has 3 rings (SSSR count). The summed E-state index contributed by atoms with van der Waals surface area (Å²) in [6, 6.07) is 4.03. The Morgan fingerprint density at radius 3 is 2.95 bits per heavy atom. The minimum atomic E-state index is -0.0604. The van der Waals surface area contributed by atoms with Crippen LogP contribution >= 0.6 is 0 Å². The first-order valence-corrected chi connectivity index (χ1v) is 7.37. The molecule has 0 aliphatic carbocycles. The third-order valence-corrected chi connectivity index (χ3v) is 4.04. The van der Waals surface area contributed by atoms with Gasteiger partial charge in [0, 0.05) is 31.9 Å². The second kappa shape index (κ2) is 6.32. The number of morpholine rings is 1. The van der Waals surface area contributed by atoms with E-state index >= 15 is 0 Å². The van der Waals surface area contributed by atoms with Crippen LogP contribution in [0.4, 0.5) is 0 Å². The highest BCUT2D eigenvalue weighted by Crippen LogP contribution is 2.08. The van der Waals surface area contributed by atoms with Gasteiger partial charge in [-0.15, -0.1) is 0 Å². The second-order valence-corrected chi connectivity index (χ2v) is 5.40. The molecule has 1 aliphatic rings. The zero-order chi connectivity index (χ0) is 14.7. The van der Waals surface area contributed by atoms with Crippen LogP contribution in [0.15, 0.2) is 29.5 Å². The molecule has 0 radical (unpaired) electrons. The molecule has 0 N–H and O–H groups in total. The van der Waals surface area contributed by atoms with Gasteiger partial charge in [-0.3, -0.25) is 14.3 Å². The lowest BCUT2D eigenvalue weighted by Crippen LogP contribution is -2.42. The van der Waals surface area contributed by atoms with Crippen LogP contribution in [-0.2, 0) is 11.3 Å². The SMILES string of the molecule is CC(CCn1cnc2cccnc2c1=O)N1CCOCC1. The van der Waals surface area contributed by atoms with E-state index in [4.69, 9.17) is 4.74 Å². The number of fused-ring (bicyclic) bond motifs is 1. The summed E-state index contributed by atoms with van der Waals surface area (Å²) in [7, 11) is 0. The standard InChI is InChI=1S/C15H20N4O2/c1-12(18-7-9-21-10-8-18)4-6-19-11-17-13-3-2-5-16-14(13)15(19)20/h2-3,5,11-12H,4,6-10H2,1H3. The van der Waals surface area contributed by atoms with Crippen LogP contribution in [0.1, 0.15) is 13.3 Å². The lowest BCUT2D eigenvalue weighted by Gasteiger charge is -2.32. The van der Waals surface area contributed by atoms with Gasteiger partial charge < -0.3 is 4.74 Å². The van der Waals surface area contributed by atoms with Crippen LogP contribution in [0.2, 0.25) is 0 Å². The average molecular weight is 288 g/mol. The van der Waals surface area contributed by atoms with Gasteiger partial charge in [-0.25, -0.2) is 9.97 Å². The van der Waals surface area contributed by atoms with Crippen molar-refractivity contribution in [3.8, 4) is 0 Å². The highest BCUT2D eigenvalue weighted by Gasteiger charge is 2.17. The molecular formula is C15H20N4O2. The molecule has 112 valence electrons. The Hall–Kier alpha value is -1.79. The Morgan fingerprint density at radius 2 is 2.14 bits per heavy atom. The van der Waals surface area contributed by atoms with Crippen molar-refractivity contribution < 1.29 is 4.74 Å². The monoisotopic (exact) mass is 288 g/mol. The molecular weight excluding hydrogens is 268 g/mol. The highest BCUT2D eigenvalue weighted by molar-refractivity contribution is 5.71. The number of hydrogen-bond acceptors (Lipinski definition) is 5. The third-order valence-electron chi connectivity index (χ3n) is 4.04. The molecule has 0 amide bonds. The summed E-state index contributed by atoms with van der Waals surface area (Å²) in [6.07, 6.45) is 4.17. The first-order chi connectivity index (χ1) is 10.3. The molecule has 0 spiro atoms. The molecule has 1 aliphatic heterocycles. The van der Waals surface area contributed by atoms with Gasteiger partial charge in [-0.1, -0.05) is 0 Å². The topological polar surface area (TPSA) is 60.2 Å². The first-order valence-electron chi connectivity index (χ1n) is 7.37. The van der Waals surface area contributed by atoms with Crippen LogP contribution in [-0.4, -0.2) is 51.8 Å². The fraction of sp³-hybridized carbons (Fsp3) is 0.533. The Morgan fingerprint density at radius 1 is 1.33 bits per heavy atom. The maximum Gasteiger partial charge on any atom is 0.279 e. The molecule has 6 nitrogen and oxygen atoms in total. The van der Waals surface area contributed by atoms with E-state index in [9.17, 15) is 4.79 Å². The summed E-state index contributed by atoms with van der Waals surface area (Å²) >= 11 is 0. The number of ether oxygens (including phenoxy) is 1. The van der Waals surface area contributed by atoms with Crippen molar-refractivity contribution in [3.05, 3.63) is 35.0 Å². The Bertz CT molecular complexity index is 664. The van der Waals surface area contributed by atoms with E-state index in [0.717, 1.165) is 32.7 Å². The molecule has 2 aromatic heterocycles. The van der Waals surface area contributed by atoms with E-state index in [1.165, 1.54) is 0 Å². The van der Waals surface area contributed by atoms with Crippen molar-refractivity contribution in [3.63, 3.8) is 0 Å². The number of hydrogen-bond donors (Lipinski definition) is 0. The summed E-state index contributed by atoms with van der Waals surface area (Å²) in [4.78, 5) is 23.2. The summed E-state index contributed by atoms with van der Waals surface area (Å²) in [5, 5.41) is 0. The summed E-state index contributed by atoms with van der Waals surface area (Å²) in [5.74, 6) is 0. The Labute approximate surface area is 123 Å². The zero-order valence-electron chi connectivity index (χ0n) is 12.2. The van der Waals surface area contributed by atoms with Crippen molar-refractivity contribution in [1.29, 1.82) is 0 Å². The van der Waals surface area contributed by atoms with Crippen molar-refractivity contribution in [2.75, 3.05) is 26.3 Å². The minimum Gasteiger partial charge on any atom is -0.379 e. The number of nitrogens with zero attached hydrogens (tertiary/aromatic N) is 4. The fourth-order valence-electron chi connectivity index (χ4n) is 2.67. The summed E-state index contributed by atoms with van der Waals surface area (Å²) < 4.78 is 7.02. The predicted octanol–water partition coefficient (Wildman–Crippen LogP) is 0.902. The number of aryl methyl sites for hydroxylation is 1. The Balaban J connectivity index is 1.70. The molecule has 1 fully saturated rings. The van der Waals surface area contributed by atoms with Crippen molar-refractivity contribution in [2.45, 2.75) is 25.9 Å². The molecule has 0 aromatic carbocycles. The molecule has 1 saturated heterocycles. The van der Waals surface area contributed by atoms with Crippen molar-refractivity contribution >= 4 is 11.0 Å². The van der Waals surface area contributed by atoms with Gasteiger partial charge >= 0.3 is 0 Å². The van der Waals surface area contributed by atoms with Crippen molar-refractivity contribution in [1.82, 2.24) is 19.4 Å². The van der Waals surface area contributed by atoms with Gasteiger partial charge in [0.2, 0.25) is 0 Å². The van der Waals surface area contributed by atoms with E-state index in [1.54, 1.807) is 23.2 Å². The molecule has 0 saturated carbocycles. The second-order valence-electron chi connectivity index (χ2n) is 5.40. The number of pyridine rings is 1. The molecule has 21 heavy (non-hydrogen) atoms. The number of aromatic nitrogens is 3. The van der Waals surface area contributed by atoms with Crippen molar-refractivity contribution in [2.24, 2.45) is 0 Å². The van der Waals surface area contributed by atoms with E-state index in [-0.39, 0.29) is 5.56 Å². The molecule has 1 atom stereocenters. The first kappa shape index (κ1) is 14.2. The van der Waals surface area contributed by atoms with Crippen LogP contribution in [0.25, 0.3) is 11.0 Å². The van der Waals surface area contributed by atoms with Gasteiger partial charge in [-0.05, 0) is 25.5 Å². The van der Waals surface area contributed by atoms with E-state index in [1.807, 2.05) is 6.07 Å². The molecule has 1 unspecified atom stereocenters. The van der Waals surface area contributed by atoms with Crippen LogP contribution in [0, 0.1) is 0 Å². The van der Waals surface area contributed by atoms with Gasteiger partial charge in [0.15, 0.2) is 5.52 Å². The largest absolute Gasteiger partial charge is 0.379 e. The summed E-state index contributed by atoms with van der Waals surface area (Å²) in [6.45, 7) is 6.39. The Kier molecular flexibility index (Phi) is 4.26. The lowest BCUT2D eigenvalue weighted by molar-refractivity contribution is 0.0178. The lowest BCUT2D eigenvalue weighted by atomic mass is 10.2. The number of rotatable bonds is 4. The van der Waals surface area contributed by atoms with E-state index in [2.05, 4.69) is 21.8 Å². The van der Waals surface area contributed by atoms with Crippen LogP contribution in [0.5, 0.6) is 0 Å². The predicted molar refractivity (Wildman–Crippen MR) is 80.3 cm³/mol. The minimum absolute atomic E-state index is 0.0604. The maximum absolute atomic E-state index is 12.3. The normalized spacial score (nSPS) is 18.0. The molecule has 2 aromatic rings. The average Bonchev–Trinajstić information content (AvgIpc) is 2.55. The molecule has 0 bridgehead atoms. The van der Waals surface area contributed by atoms with Gasteiger partial charge in [0.25, 0.3) is 5.56 Å². The molecule has 6 heteroatoms. The maximum atomic E-state index is 12.3. The summed E-state index contributed by atoms with van der Waals surface area (Å²) in [5.41, 5.74) is 1.04. The van der Waals surface area contributed by atoms with Gasteiger partial charge in [0.05, 0.1) is 25.1 Å². The molecule has 3 heterocycles. The smallest absolute Gasteiger partial charge is 0.279 e. The van der Waals surface area contributed by atoms with Gasteiger partial charge in [0.1, 0.15) is 0 Å². The fourth-order valence-corrected chi connectivity index (χ4v) is 2.67. The van der Waals surface area contributed by atoms with Crippen LogP contribution < -0.4 is 5.56 Å².